The van der Waals surface area contributed by atoms with Crippen LogP contribution in [0.3, 0.4) is 0 Å². The minimum absolute atomic E-state index is 0.289. The number of aliphatic hydroxyl groups excluding tert-OH is 1. The Bertz CT molecular complexity index is 543. The van der Waals surface area contributed by atoms with Crippen LogP contribution < -0.4 is 10.1 Å². The molecule has 4 nitrogen and oxygen atoms in total. The Hall–Kier alpha value is -1.65. The number of nitrogens with one attached hydrogen (secondary N) is 1. The van der Waals surface area contributed by atoms with Gasteiger partial charge in [-0.3, -0.25) is 4.98 Å². The molecule has 0 unspecified atom stereocenters. The molecule has 0 bridgehead atoms. The molecule has 0 fully saturated rings. The molecule has 19 heavy (non-hydrogen) atoms. The van der Waals surface area contributed by atoms with Gasteiger partial charge in [-0.25, -0.2) is 0 Å². The minimum atomic E-state index is -0.289. The van der Waals surface area contributed by atoms with E-state index in [1.807, 2.05) is 37.4 Å². The third-order valence-electron chi connectivity index (χ3n) is 3.21. The van der Waals surface area contributed by atoms with Gasteiger partial charge in [-0.05, 0) is 36.2 Å². The summed E-state index contributed by atoms with van der Waals surface area (Å²) in [6, 6.07) is 7.86. The van der Waals surface area contributed by atoms with Gasteiger partial charge in [0.2, 0.25) is 0 Å². The Morgan fingerprint density at radius 1 is 1.37 bits per heavy atom. The van der Waals surface area contributed by atoms with Gasteiger partial charge >= 0.3 is 0 Å². The van der Waals surface area contributed by atoms with E-state index in [2.05, 4.69) is 10.3 Å². The predicted molar refractivity (Wildman–Crippen MR) is 76.3 cm³/mol. The molecule has 4 heteroatoms. The average molecular weight is 260 g/mol. The van der Waals surface area contributed by atoms with Gasteiger partial charge in [0.05, 0.1) is 18.7 Å². The fourth-order valence-corrected chi connectivity index (χ4v) is 1.98. The van der Waals surface area contributed by atoms with Crippen molar-refractivity contribution >= 4 is 10.9 Å². The summed E-state index contributed by atoms with van der Waals surface area (Å²) >= 11 is 0. The van der Waals surface area contributed by atoms with Gasteiger partial charge in [0.15, 0.2) is 0 Å². The molecule has 2 rings (SSSR count). The first-order chi connectivity index (χ1) is 9.24. The summed E-state index contributed by atoms with van der Waals surface area (Å²) in [6.07, 6.45) is 2.28. The molecule has 0 aliphatic rings. The Labute approximate surface area is 113 Å². The van der Waals surface area contributed by atoms with Crippen molar-refractivity contribution in [1.29, 1.82) is 0 Å². The van der Waals surface area contributed by atoms with Gasteiger partial charge < -0.3 is 15.2 Å². The molecule has 0 aliphatic carbocycles. The first kappa shape index (κ1) is 13.8. The lowest BCUT2D eigenvalue weighted by Gasteiger charge is -2.11. The molecule has 1 heterocycles. The molecule has 0 aliphatic heterocycles. The minimum Gasteiger partial charge on any atom is -0.497 e. The number of pyridine rings is 1. The first-order valence-corrected chi connectivity index (χ1v) is 6.55. The Morgan fingerprint density at radius 3 is 2.95 bits per heavy atom. The lowest BCUT2D eigenvalue weighted by Crippen LogP contribution is -2.25. The van der Waals surface area contributed by atoms with E-state index in [-0.39, 0.29) is 6.10 Å². The summed E-state index contributed by atoms with van der Waals surface area (Å²) in [5.74, 6) is 0.829. The quantitative estimate of drug-likeness (QED) is 0.835. The fourth-order valence-electron chi connectivity index (χ4n) is 1.98. The van der Waals surface area contributed by atoms with Crippen molar-refractivity contribution in [2.45, 2.75) is 26.0 Å². The number of methoxy groups -OCH3 is 1. The molecule has 0 radical (unpaired) electrons. The number of rotatable bonds is 6. The van der Waals surface area contributed by atoms with E-state index in [0.29, 0.717) is 13.1 Å². The van der Waals surface area contributed by atoms with Crippen LogP contribution in [0, 0.1) is 0 Å². The molecule has 0 saturated carbocycles. The van der Waals surface area contributed by atoms with Crippen molar-refractivity contribution in [2.24, 2.45) is 0 Å². The predicted octanol–water partition coefficient (Wildman–Crippen LogP) is 2.10. The standard InChI is InChI=1S/C15H20N2O2/c1-3-12(18)10-16-9-11-6-7-17-15-5-4-13(19-2)8-14(11)15/h4-8,12,16,18H,3,9-10H2,1-2H3/t12-/m1/s1. The van der Waals surface area contributed by atoms with Crippen molar-refractivity contribution in [3.8, 4) is 5.75 Å². The molecular weight excluding hydrogens is 240 g/mol. The lowest BCUT2D eigenvalue weighted by atomic mass is 10.1. The number of hydrogen-bond acceptors (Lipinski definition) is 4. The third-order valence-corrected chi connectivity index (χ3v) is 3.21. The number of aliphatic hydroxyl groups is 1. The zero-order valence-electron chi connectivity index (χ0n) is 11.4. The van der Waals surface area contributed by atoms with E-state index >= 15 is 0 Å². The van der Waals surface area contributed by atoms with Crippen LogP contribution >= 0.6 is 0 Å². The van der Waals surface area contributed by atoms with E-state index in [9.17, 15) is 5.11 Å². The molecule has 2 N–H and O–H groups in total. The number of nitrogens with zero attached hydrogens (tertiary/aromatic N) is 1. The van der Waals surface area contributed by atoms with E-state index in [1.54, 1.807) is 7.11 Å². The van der Waals surface area contributed by atoms with Crippen molar-refractivity contribution in [3.63, 3.8) is 0 Å². The summed E-state index contributed by atoms with van der Waals surface area (Å²) in [5, 5.41) is 13.9. The molecule has 102 valence electrons. The number of fused-ring (bicyclic) bond motifs is 1. The fraction of sp³-hybridized carbons (Fsp3) is 0.400. The third kappa shape index (κ3) is 3.43. The summed E-state index contributed by atoms with van der Waals surface area (Å²) in [4.78, 5) is 4.34. The Kier molecular flexibility index (Phi) is 4.71. The van der Waals surface area contributed by atoms with Crippen molar-refractivity contribution in [2.75, 3.05) is 13.7 Å². The zero-order valence-corrected chi connectivity index (χ0v) is 11.4. The van der Waals surface area contributed by atoms with Gasteiger partial charge in [-0.15, -0.1) is 0 Å². The van der Waals surface area contributed by atoms with Crippen molar-refractivity contribution < 1.29 is 9.84 Å². The zero-order chi connectivity index (χ0) is 13.7. The van der Waals surface area contributed by atoms with Gasteiger partial charge in [-0.2, -0.15) is 0 Å². The first-order valence-electron chi connectivity index (χ1n) is 6.55. The highest BCUT2D eigenvalue weighted by molar-refractivity contribution is 5.83. The Morgan fingerprint density at radius 2 is 2.21 bits per heavy atom. The summed E-state index contributed by atoms with van der Waals surface area (Å²) in [5.41, 5.74) is 2.11. The molecule has 2 aromatic rings. The molecule has 0 saturated heterocycles. The second-order valence-corrected chi connectivity index (χ2v) is 4.55. The highest BCUT2D eigenvalue weighted by atomic mass is 16.5. The average Bonchev–Trinajstić information content (AvgIpc) is 2.46. The maximum Gasteiger partial charge on any atom is 0.119 e. The second kappa shape index (κ2) is 6.50. The largest absolute Gasteiger partial charge is 0.497 e. The van der Waals surface area contributed by atoms with Crippen molar-refractivity contribution in [1.82, 2.24) is 10.3 Å². The highest BCUT2D eigenvalue weighted by Crippen LogP contribution is 2.22. The molecule has 1 aromatic carbocycles. The van der Waals surface area contributed by atoms with Crippen LogP contribution in [0.4, 0.5) is 0 Å². The summed E-state index contributed by atoms with van der Waals surface area (Å²) in [7, 11) is 1.66. The summed E-state index contributed by atoms with van der Waals surface area (Å²) in [6.45, 7) is 3.28. The van der Waals surface area contributed by atoms with Gasteiger partial charge in [0, 0.05) is 24.7 Å². The number of aromatic nitrogens is 1. The molecule has 1 atom stereocenters. The van der Waals surface area contributed by atoms with E-state index in [4.69, 9.17) is 4.74 Å². The maximum atomic E-state index is 9.54. The van der Waals surface area contributed by atoms with E-state index < -0.39 is 0 Å². The molecule has 1 aromatic heterocycles. The van der Waals surface area contributed by atoms with E-state index in [0.717, 1.165) is 28.6 Å². The smallest absolute Gasteiger partial charge is 0.119 e. The van der Waals surface area contributed by atoms with E-state index in [1.165, 1.54) is 0 Å². The normalized spacial score (nSPS) is 12.6. The molecule has 0 amide bonds. The monoisotopic (exact) mass is 260 g/mol. The van der Waals surface area contributed by atoms with Crippen molar-refractivity contribution in [3.05, 3.63) is 36.0 Å². The second-order valence-electron chi connectivity index (χ2n) is 4.55. The number of ether oxygens (including phenoxy) is 1. The maximum absolute atomic E-state index is 9.54. The van der Waals surface area contributed by atoms with Gasteiger partial charge in [0.1, 0.15) is 5.75 Å². The van der Waals surface area contributed by atoms with Crippen LogP contribution in [0.2, 0.25) is 0 Å². The number of hydrogen-bond donors (Lipinski definition) is 2. The number of benzene rings is 1. The molecular formula is C15H20N2O2. The Balaban J connectivity index is 2.17. The van der Waals surface area contributed by atoms with Crippen LogP contribution in [0.1, 0.15) is 18.9 Å². The highest BCUT2D eigenvalue weighted by Gasteiger charge is 2.05. The lowest BCUT2D eigenvalue weighted by molar-refractivity contribution is 0.167. The van der Waals surface area contributed by atoms with Crippen LogP contribution in [-0.4, -0.2) is 29.8 Å². The molecule has 0 spiro atoms. The van der Waals surface area contributed by atoms with Crippen LogP contribution in [0.25, 0.3) is 10.9 Å². The van der Waals surface area contributed by atoms with Gasteiger partial charge in [0.25, 0.3) is 0 Å². The SMILES string of the molecule is CC[C@@H](O)CNCc1ccnc2ccc(OC)cc12. The van der Waals surface area contributed by atoms with Crippen LogP contribution in [0.15, 0.2) is 30.5 Å². The summed E-state index contributed by atoms with van der Waals surface area (Å²) < 4.78 is 5.25. The topological polar surface area (TPSA) is 54.4 Å². The van der Waals surface area contributed by atoms with Crippen LogP contribution in [0.5, 0.6) is 5.75 Å². The van der Waals surface area contributed by atoms with Crippen LogP contribution in [-0.2, 0) is 6.54 Å². The van der Waals surface area contributed by atoms with Gasteiger partial charge in [-0.1, -0.05) is 6.92 Å².